The van der Waals surface area contributed by atoms with Crippen LogP contribution in [0, 0.1) is 12.7 Å². The highest BCUT2D eigenvalue weighted by atomic mass is 19.1. The lowest BCUT2D eigenvalue weighted by Crippen LogP contribution is -1.99. The van der Waals surface area contributed by atoms with Gasteiger partial charge in [-0.25, -0.2) is 4.39 Å². The second-order valence-corrected chi connectivity index (χ2v) is 4.02. The molecule has 0 amide bonds. The van der Waals surface area contributed by atoms with Crippen molar-refractivity contribution in [2.24, 2.45) is 0 Å². The van der Waals surface area contributed by atoms with E-state index < -0.39 is 0 Å². The number of nitrogens with one attached hydrogen (secondary N) is 1. The van der Waals surface area contributed by atoms with Crippen molar-refractivity contribution >= 4 is 5.69 Å². The molecule has 2 rings (SSSR count). The summed E-state index contributed by atoms with van der Waals surface area (Å²) in [6, 6.07) is 5.16. The van der Waals surface area contributed by atoms with Crippen molar-refractivity contribution in [3.05, 3.63) is 47.5 Å². The van der Waals surface area contributed by atoms with Crippen molar-refractivity contribution < 1.29 is 4.39 Å². The number of anilines is 1. The molecule has 2 aromatic rings. The maximum atomic E-state index is 13.3. The molecule has 1 heterocycles. The van der Waals surface area contributed by atoms with E-state index in [1.165, 1.54) is 6.07 Å². The molecule has 90 valence electrons. The first kappa shape index (κ1) is 11.6. The van der Waals surface area contributed by atoms with Crippen LogP contribution in [0.15, 0.2) is 30.6 Å². The van der Waals surface area contributed by atoms with Gasteiger partial charge >= 0.3 is 0 Å². The Kier molecular flexibility index (Phi) is 3.42. The fraction of sp³-hybridized carbons (Fsp3) is 0.308. The quantitative estimate of drug-likeness (QED) is 0.879. The molecular formula is C13H16FN3. The van der Waals surface area contributed by atoms with Crippen LogP contribution < -0.4 is 5.32 Å². The molecule has 1 aromatic carbocycles. The van der Waals surface area contributed by atoms with Crippen LogP contribution in [0.4, 0.5) is 10.1 Å². The predicted molar refractivity (Wildman–Crippen MR) is 66.4 cm³/mol. The van der Waals surface area contributed by atoms with Gasteiger partial charge in [-0.15, -0.1) is 0 Å². The molecule has 0 aliphatic carbocycles. The van der Waals surface area contributed by atoms with Crippen molar-refractivity contribution in [2.75, 3.05) is 5.32 Å². The Balaban J connectivity index is 1.99. The summed E-state index contributed by atoms with van der Waals surface area (Å²) in [7, 11) is 0. The average molecular weight is 233 g/mol. The molecule has 0 unspecified atom stereocenters. The Morgan fingerprint density at radius 1 is 1.41 bits per heavy atom. The summed E-state index contributed by atoms with van der Waals surface area (Å²) in [5.41, 5.74) is 2.54. The number of rotatable bonds is 4. The number of benzene rings is 1. The van der Waals surface area contributed by atoms with E-state index in [9.17, 15) is 4.39 Å². The zero-order valence-corrected chi connectivity index (χ0v) is 10.1. The third-order valence-corrected chi connectivity index (χ3v) is 2.68. The second kappa shape index (κ2) is 4.99. The molecule has 0 saturated carbocycles. The Morgan fingerprint density at radius 3 is 2.88 bits per heavy atom. The van der Waals surface area contributed by atoms with Crippen LogP contribution in [-0.2, 0) is 13.1 Å². The molecule has 3 nitrogen and oxygen atoms in total. The van der Waals surface area contributed by atoms with Crippen molar-refractivity contribution in [2.45, 2.75) is 26.9 Å². The fourth-order valence-corrected chi connectivity index (χ4v) is 1.58. The summed E-state index contributed by atoms with van der Waals surface area (Å²) < 4.78 is 15.2. The van der Waals surface area contributed by atoms with Gasteiger partial charge in [-0.05, 0) is 31.5 Å². The molecule has 0 fully saturated rings. The van der Waals surface area contributed by atoms with Crippen molar-refractivity contribution in [3.8, 4) is 0 Å². The van der Waals surface area contributed by atoms with Crippen LogP contribution in [0.25, 0.3) is 0 Å². The summed E-state index contributed by atoms with van der Waals surface area (Å²) in [5.74, 6) is -0.181. The number of halogens is 1. The lowest BCUT2D eigenvalue weighted by molar-refractivity contribution is 0.619. The van der Waals surface area contributed by atoms with Gasteiger partial charge < -0.3 is 5.32 Å². The highest BCUT2D eigenvalue weighted by molar-refractivity contribution is 5.45. The molecule has 0 radical (unpaired) electrons. The van der Waals surface area contributed by atoms with Gasteiger partial charge in [0.05, 0.1) is 6.20 Å². The van der Waals surface area contributed by atoms with Crippen molar-refractivity contribution in [1.82, 2.24) is 9.78 Å². The molecule has 0 aliphatic rings. The minimum absolute atomic E-state index is 0.181. The number of aryl methyl sites for hydroxylation is 2. The Labute approximate surface area is 100 Å². The van der Waals surface area contributed by atoms with Gasteiger partial charge in [-0.2, -0.15) is 5.10 Å². The second-order valence-electron chi connectivity index (χ2n) is 4.02. The van der Waals surface area contributed by atoms with Crippen LogP contribution in [0.5, 0.6) is 0 Å². The highest BCUT2D eigenvalue weighted by Gasteiger charge is 2.00. The van der Waals surface area contributed by atoms with Gasteiger partial charge in [0.1, 0.15) is 5.82 Å². The first-order valence-electron chi connectivity index (χ1n) is 5.70. The molecule has 0 bridgehead atoms. The molecule has 0 atom stereocenters. The maximum Gasteiger partial charge on any atom is 0.128 e. The largest absolute Gasteiger partial charge is 0.381 e. The molecule has 0 spiro atoms. The highest BCUT2D eigenvalue weighted by Crippen LogP contribution is 2.14. The van der Waals surface area contributed by atoms with Crippen LogP contribution in [0.2, 0.25) is 0 Å². The third-order valence-electron chi connectivity index (χ3n) is 2.68. The summed E-state index contributed by atoms with van der Waals surface area (Å²) in [4.78, 5) is 0. The first-order valence-corrected chi connectivity index (χ1v) is 5.70. The molecule has 0 saturated heterocycles. The zero-order chi connectivity index (χ0) is 12.3. The summed E-state index contributed by atoms with van der Waals surface area (Å²) in [5, 5.41) is 7.35. The number of nitrogens with zero attached hydrogens (tertiary/aromatic N) is 2. The van der Waals surface area contributed by atoms with Crippen LogP contribution in [0.3, 0.4) is 0 Å². The average Bonchev–Trinajstić information content (AvgIpc) is 2.79. The number of hydrogen-bond acceptors (Lipinski definition) is 2. The monoisotopic (exact) mass is 233 g/mol. The molecule has 17 heavy (non-hydrogen) atoms. The van der Waals surface area contributed by atoms with Crippen molar-refractivity contribution in [1.29, 1.82) is 0 Å². The van der Waals surface area contributed by atoms with Gasteiger partial charge in [0, 0.05) is 30.5 Å². The first-order chi connectivity index (χ1) is 8.19. The van der Waals surface area contributed by atoms with Crippen molar-refractivity contribution in [3.63, 3.8) is 0 Å². The molecule has 1 aromatic heterocycles. The van der Waals surface area contributed by atoms with E-state index in [0.717, 1.165) is 17.8 Å². The number of hydrogen-bond donors (Lipinski definition) is 1. The van der Waals surface area contributed by atoms with Crippen LogP contribution in [0.1, 0.15) is 18.1 Å². The predicted octanol–water partition coefficient (Wildman–Crippen LogP) is 2.96. The summed E-state index contributed by atoms with van der Waals surface area (Å²) >= 11 is 0. The van der Waals surface area contributed by atoms with Gasteiger partial charge in [0.2, 0.25) is 0 Å². The topological polar surface area (TPSA) is 29.9 Å². The van der Waals surface area contributed by atoms with Gasteiger partial charge in [0.15, 0.2) is 0 Å². The van der Waals surface area contributed by atoms with Crippen LogP contribution >= 0.6 is 0 Å². The minimum Gasteiger partial charge on any atom is -0.381 e. The fourth-order valence-electron chi connectivity index (χ4n) is 1.58. The number of aromatic nitrogens is 2. The lowest BCUT2D eigenvalue weighted by Gasteiger charge is -2.05. The standard InChI is InChI=1S/C13H16FN3/c1-3-17-9-11(8-16-17)7-15-12-5-4-10(2)13(14)6-12/h4-6,8-9,15H,3,7H2,1-2H3. The van der Waals surface area contributed by atoms with Crippen LogP contribution in [-0.4, -0.2) is 9.78 Å². The smallest absolute Gasteiger partial charge is 0.128 e. The van der Waals surface area contributed by atoms with E-state index >= 15 is 0 Å². The molecule has 0 aliphatic heterocycles. The Bertz CT molecular complexity index is 505. The molecular weight excluding hydrogens is 217 g/mol. The summed E-state index contributed by atoms with van der Waals surface area (Å²) in [6.07, 6.45) is 3.80. The third kappa shape index (κ3) is 2.84. The maximum absolute atomic E-state index is 13.3. The van der Waals surface area contributed by atoms with Gasteiger partial charge in [0.25, 0.3) is 0 Å². The van der Waals surface area contributed by atoms with Gasteiger partial charge in [-0.1, -0.05) is 6.07 Å². The molecule has 1 N–H and O–H groups in total. The van der Waals surface area contributed by atoms with E-state index in [1.54, 1.807) is 13.0 Å². The Hall–Kier alpha value is -1.84. The van der Waals surface area contributed by atoms with E-state index in [0.29, 0.717) is 12.1 Å². The van der Waals surface area contributed by atoms with E-state index in [-0.39, 0.29) is 5.82 Å². The molecule has 4 heteroatoms. The Morgan fingerprint density at radius 2 is 2.24 bits per heavy atom. The van der Waals surface area contributed by atoms with E-state index in [2.05, 4.69) is 10.4 Å². The SMILES string of the molecule is CCn1cc(CNc2ccc(C)c(F)c2)cn1. The lowest BCUT2D eigenvalue weighted by atomic mass is 10.2. The van der Waals surface area contributed by atoms with E-state index in [1.807, 2.05) is 30.1 Å². The summed E-state index contributed by atoms with van der Waals surface area (Å²) in [6.45, 7) is 5.31. The van der Waals surface area contributed by atoms with Gasteiger partial charge in [-0.3, -0.25) is 4.68 Å². The normalized spacial score (nSPS) is 10.5. The zero-order valence-electron chi connectivity index (χ0n) is 10.1. The van der Waals surface area contributed by atoms with E-state index in [4.69, 9.17) is 0 Å². The minimum atomic E-state index is -0.181.